The number of aromatic nitrogens is 1. The van der Waals surface area contributed by atoms with Gasteiger partial charge in [0.2, 0.25) is 0 Å². The van der Waals surface area contributed by atoms with Crippen LogP contribution in [0.25, 0.3) is 10.9 Å². The summed E-state index contributed by atoms with van der Waals surface area (Å²) in [5.41, 5.74) is 4.78. The van der Waals surface area contributed by atoms with Gasteiger partial charge < -0.3 is 15.0 Å². The Balaban J connectivity index is 1.50. The lowest BCUT2D eigenvalue weighted by Crippen LogP contribution is -2.12. The molecule has 0 unspecified atom stereocenters. The molecule has 4 nitrogen and oxygen atoms in total. The van der Waals surface area contributed by atoms with Crippen LogP contribution in [0, 0.1) is 0 Å². The Kier molecular flexibility index (Phi) is 6.09. The minimum atomic E-state index is -0.913. The number of rotatable bonds is 7. The second-order valence-electron chi connectivity index (χ2n) is 7.15. The first-order valence-electron chi connectivity index (χ1n) is 9.55. The maximum atomic E-state index is 11.0. The largest absolute Gasteiger partial charge is 0.478 e. The molecule has 0 aliphatic rings. The Morgan fingerprint density at radius 2 is 1.63 bits per heavy atom. The van der Waals surface area contributed by atoms with E-state index in [9.17, 15) is 4.79 Å². The summed E-state index contributed by atoms with van der Waals surface area (Å²) in [6.07, 6.45) is 2.16. The number of hydrogen-bond acceptors (Lipinski definition) is 2. The summed E-state index contributed by atoms with van der Waals surface area (Å²) in [5, 5.41) is 14.8. The van der Waals surface area contributed by atoms with Crippen molar-refractivity contribution in [3.8, 4) is 0 Å². The molecule has 0 spiro atoms. The summed E-state index contributed by atoms with van der Waals surface area (Å²) < 4.78 is 2.22. The van der Waals surface area contributed by atoms with Gasteiger partial charge in [0, 0.05) is 36.7 Å². The zero-order valence-electron chi connectivity index (χ0n) is 16.1. The van der Waals surface area contributed by atoms with E-state index in [1.807, 2.05) is 42.5 Å². The minimum absolute atomic E-state index is 0.295. The fourth-order valence-electron chi connectivity index (χ4n) is 3.54. The molecule has 1 heterocycles. The Morgan fingerprint density at radius 1 is 0.900 bits per heavy atom. The molecule has 6 heteroatoms. The summed E-state index contributed by atoms with van der Waals surface area (Å²) >= 11 is 12.2. The Bertz CT molecular complexity index is 1200. The van der Waals surface area contributed by atoms with E-state index < -0.39 is 5.97 Å². The number of fused-ring (bicyclic) bond motifs is 1. The molecular formula is C24H20Cl2N2O2. The molecular weight excluding hydrogens is 419 g/mol. The number of benzene rings is 3. The Labute approximate surface area is 184 Å². The summed E-state index contributed by atoms with van der Waals surface area (Å²) in [7, 11) is 0. The standard InChI is InChI=1S/C24H20Cl2N2O2/c25-21-10-7-17(11-22(21)26)14-28-15-19(20-3-1-2-4-23(20)28)13-27-12-16-5-8-18(9-6-16)24(29)30/h1-11,15,27H,12-14H2,(H,29,30). The molecule has 0 saturated heterocycles. The molecule has 0 bridgehead atoms. The third-order valence-corrected chi connectivity index (χ3v) is 5.79. The molecule has 152 valence electrons. The highest BCUT2D eigenvalue weighted by atomic mass is 35.5. The first kappa shape index (κ1) is 20.5. The van der Waals surface area contributed by atoms with E-state index in [1.54, 1.807) is 12.1 Å². The molecule has 3 aromatic carbocycles. The van der Waals surface area contributed by atoms with Gasteiger partial charge in [0.15, 0.2) is 0 Å². The lowest BCUT2D eigenvalue weighted by atomic mass is 10.1. The van der Waals surface area contributed by atoms with Gasteiger partial charge in [-0.3, -0.25) is 0 Å². The topological polar surface area (TPSA) is 54.3 Å². The number of carbonyl (C=O) groups is 1. The molecule has 30 heavy (non-hydrogen) atoms. The highest BCUT2D eigenvalue weighted by Crippen LogP contribution is 2.26. The third kappa shape index (κ3) is 4.51. The molecule has 1 aromatic heterocycles. The first-order chi connectivity index (χ1) is 14.5. The van der Waals surface area contributed by atoms with Crippen LogP contribution in [0.5, 0.6) is 0 Å². The van der Waals surface area contributed by atoms with Crippen LogP contribution in [0.4, 0.5) is 0 Å². The van der Waals surface area contributed by atoms with Crippen LogP contribution in [-0.2, 0) is 19.6 Å². The van der Waals surface area contributed by atoms with E-state index in [1.165, 1.54) is 10.9 Å². The lowest BCUT2D eigenvalue weighted by Gasteiger charge is -2.07. The zero-order valence-corrected chi connectivity index (χ0v) is 17.6. The van der Waals surface area contributed by atoms with Crippen LogP contribution >= 0.6 is 23.2 Å². The predicted octanol–water partition coefficient (Wildman–Crippen LogP) is 5.98. The van der Waals surface area contributed by atoms with Crippen LogP contribution in [0.2, 0.25) is 10.0 Å². The number of nitrogens with zero attached hydrogens (tertiary/aromatic N) is 1. The smallest absolute Gasteiger partial charge is 0.335 e. The molecule has 0 aliphatic carbocycles. The van der Waals surface area contributed by atoms with Crippen LogP contribution in [-0.4, -0.2) is 15.6 Å². The number of halogens is 2. The van der Waals surface area contributed by atoms with Gasteiger partial charge in [-0.1, -0.05) is 59.6 Å². The van der Waals surface area contributed by atoms with E-state index in [2.05, 4.69) is 28.2 Å². The maximum Gasteiger partial charge on any atom is 0.335 e. The Hall–Kier alpha value is -2.79. The monoisotopic (exact) mass is 438 g/mol. The number of hydrogen-bond donors (Lipinski definition) is 2. The van der Waals surface area contributed by atoms with Crippen LogP contribution in [0.15, 0.2) is 72.9 Å². The van der Waals surface area contributed by atoms with Gasteiger partial charge in [0.1, 0.15) is 0 Å². The van der Waals surface area contributed by atoms with Crippen molar-refractivity contribution in [2.75, 3.05) is 0 Å². The van der Waals surface area contributed by atoms with Gasteiger partial charge in [-0.2, -0.15) is 0 Å². The lowest BCUT2D eigenvalue weighted by molar-refractivity contribution is 0.0697. The van der Waals surface area contributed by atoms with Crippen molar-refractivity contribution in [2.24, 2.45) is 0 Å². The van der Waals surface area contributed by atoms with Crippen LogP contribution in [0.3, 0.4) is 0 Å². The van der Waals surface area contributed by atoms with Crippen LogP contribution in [0.1, 0.15) is 27.0 Å². The van der Waals surface area contributed by atoms with Gasteiger partial charge >= 0.3 is 5.97 Å². The van der Waals surface area contributed by atoms with Crippen molar-refractivity contribution >= 4 is 40.1 Å². The predicted molar refractivity (Wildman–Crippen MR) is 121 cm³/mol. The highest BCUT2D eigenvalue weighted by Gasteiger charge is 2.09. The van der Waals surface area contributed by atoms with Gasteiger partial charge in [0.25, 0.3) is 0 Å². The molecule has 0 atom stereocenters. The number of aromatic carboxylic acids is 1. The molecule has 2 N–H and O–H groups in total. The second-order valence-corrected chi connectivity index (χ2v) is 7.97. The number of nitrogens with one attached hydrogen (secondary N) is 1. The third-order valence-electron chi connectivity index (χ3n) is 5.05. The number of carboxylic acids is 1. The van der Waals surface area contributed by atoms with Crippen molar-refractivity contribution in [3.63, 3.8) is 0 Å². The minimum Gasteiger partial charge on any atom is -0.478 e. The van der Waals surface area contributed by atoms with Crippen molar-refractivity contribution in [1.82, 2.24) is 9.88 Å². The quantitative estimate of drug-likeness (QED) is 0.372. The number of carboxylic acid groups (broad SMARTS) is 1. The molecule has 0 fully saturated rings. The van der Waals surface area contributed by atoms with Crippen molar-refractivity contribution in [2.45, 2.75) is 19.6 Å². The molecule has 0 radical (unpaired) electrons. The van der Waals surface area contributed by atoms with E-state index in [-0.39, 0.29) is 0 Å². The highest BCUT2D eigenvalue weighted by molar-refractivity contribution is 6.42. The van der Waals surface area contributed by atoms with Crippen molar-refractivity contribution in [1.29, 1.82) is 0 Å². The fourth-order valence-corrected chi connectivity index (χ4v) is 3.86. The van der Waals surface area contributed by atoms with Crippen LogP contribution < -0.4 is 5.32 Å². The maximum absolute atomic E-state index is 11.0. The summed E-state index contributed by atoms with van der Waals surface area (Å²) in [5.74, 6) is -0.913. The van der Waals surface area contributed by atoms with Crippen molar-refractivity contribution < 1.29 is 9.90 Å². The molecule has 0 amide bonds. The van der Waals surface area contributed by atoms with Gasteiger partial charge in [-0.05, 0) is 47.0 Å². The van der Waals surface area contributed by atoms with E-state index in [0.29, 0.717) is 35.2 Å². The summed E-state index contributed by atoms with van der Waals surface area (Å²) in [4.78, 5) is 11.0. The SMILES string of the molecule is O=C(O)c1ccc(CNCc2cn(Cc3ccc(Cl)c(Cl)c3)c3ccccc23)cc1. The molecule has 4 aromatic rings. The average molecular weight is 439 g/mol. The first-order valence-corrected chi connectivity index (χ1v) is 10.3. The second kappa shape index (κ2) is 8.92. The van der Waals surface area contributed by atoms with E-state index >= 15 is 0 Å². The molecule has 0 saturated carbocycles. The molecule has 0 aliphatic heterocycles. The van der Waals surface area contributed by atoms with Gasteiger partial charge in [-0.15, -0.1) is 0 Å². The van der Waals surface area contributed by atoms with E-state index in [0.717, 1.165) is 16.6 Å². The fraction of sp³-hybridized carbons (Fsp3) is 0.125. The van der Waals surface area contributed by atoms with Gasteiger partial charge in [0.05, 0.1) is 15.6 Å². The van der Waals surface area contributed by atoms with E-state index in [4.69, 9.17) is 28.3 Å². The summed E-state index contributed by atoms with van der Waals surface area (Å²) in [6, 6.07) is 21.0. The van der Waals surface area contributed by atoms with Gasteiger partial charge in [-0.25, -0.2) is 4.79 Å². The average Bonchev–Trinajstić information content (AvgIpc) is 3.09. The summed E-state index contributed by atoms with van der Waals surface area (Å²) in [6.45, 7) is 2.07. The molecule has 4 rings (SSSR count). The number of para-hydroxylation sites is 1. The zero-order chi connectivity index (χ0) is 21.1. The normalized spacial score (nSPS) is 11.1. The van der Waals surface area contributed by atoms with Crippen molar-refractivity contribution in [3.05, 3.63) is 105 Å². The Morgan fingerprint density at radius 3 is 2.37 bits per heavy atom.